The number of benzene rings is 2. The highest BCUT2D eigenvalue weighted by atomic mass is 32.2. The molecule has 2 aromatic rings. The molecule has 6 heteroatoms. The van der Waals surface area contributed by atoms with Gasteiger partial charge in [0.1, 0.15) is 6.54 Å². The first-order valence-corrected chi connectivity index (χ1v) is 10.9. The summed E-state index contributed by atoms with van der Waals surface area (Å²) >= 11 is 0. The average Bonchev–Trinajstić information content (AvgIpc) is 2.59. The second-order valence-corrected chi connectivity index (χ2v) is 8.87. The zero-order chi connectivity index (χ0) is 20.2. The highest BCUT2D eigenvalue weighted by Gasteiger charge is 2.26. The lowest BCUT2D eigenvalue weighted by molar-refractivity contribution is -0.117. The third kappa shape index (κ3) is 5.10. The van der Waals surface area contributed by atoms with Crippen molar-refractivity contribution < 1.29 is 13.2 Å². The van der Waals surface area contributed by atoms with Crippen molar-refractivity contribution in [1.29, 1.82) is 0 Å². The second kappa shape index (κ2) is 8.57. The van der Waals surface area contributed by atoms with Gasteiger partial charge in [-0.1, -0.05) is 44.2 Å². The molecule has 0 saturated heterocycles. The van der Waals surface area contributed by atoms with Crippen LogP contribution in [0.15, 0.2) is 48.5 Å². The number of hydrogen-bond acceptors (Lipinski definition) is 3. The SMILES string of the molecule is CCN(C(=O)CN(c1ccccc1C(C)C)S(C)(=O)=O)c1cccc(C)c1. The number of hydrogen-bond donors (Lipinski definition) is 0. The summed E-state index contributed by atoms with van der Waals surface area (Å²) in [5.41, 5.74) is 3.27. The molecule has 0 atom stereocenters. The topological polar surface area (TPSA) is 57.7 Å². The number of aryl methyl sites for hydroxylation is 1. The first-order chi connectivity index (χ1) is 12.6. The summed E-state index contributed by atoms with van der Waals surface area (Å²) in [5.74, 6) is -0.119. The molecule has 27 heavy (non-hydrogen) atoms. The summed E-state index contributed by atoms with van der Waals surface area (Å²) in [5, 5.41) is 0. The van der Waals surface area contributed by atoms with Gasteiger partial charge in [-0.05, 0) is 49.1 Å². The van der Waals surface area contributed by atoms with Gasteiger partial charge in [-0.25, -0.2) is 8.42 Å². The largest absolute Gasteiger partial charge is 0.311 e. The number of anilines is 2. The van der Waals surface area contributed by atoms with E-state index in [1.165, 1.54) is 4.31 Å². The molecule has 0 aromatic heterocycles. The molecular weight excluding hydrogens is 360 g/mol. The van der Waals surface area contributed by atoms with Crippen LogP contribution in [0.25, 0.3) is 0 Å². The van der Waals surface area contributed by atoms with E-state index < -0.39 is 10.0 Å². The van der Waals surface area contributed by atoms with Crippen LogP contribution in [0, 0.1) is 6.92 Å². The molecule has 0 radical (unpaired) electrons. The number of para-hydroxylation sites is 1. The highest BCUT2D eigenvalue weighted by Crippen LogP contribution is 2.29. The Kier molecular flexibility index (Phi) is 6.65. The molecule has 0 aliphatic heterocycles. The van der Waals surface area contributed by atoms with Crippen molar-refractivity contribution in [3.63, 3.8) is 0 Å². The maximum Gasteiger partial charge on any atom is 0.247 e. The van der Waals surface area contributed by atoms with Crippen LogP contribution in [0.2, 0.25) is 0 Å². The predicted octanol–water partition coefficient (Wildman–Crippen LogP) is 3.94. The van der Waals surface area contributed by atoms with Gasteiger partial charge < -0.3 is 4.90 Å². The number of amides is 1. The van der Waals surface area contributed by atoms with E-state index in [1.807, 2.05) is 64.1 Å². The fourth-order valence-electron chi connectivity index (χ4n) is 3.09. The van der Waals surface area contributed by atoms with Gasteiger partial charge in [0.15, 0.2) is 0 Å². The third-order valence-corrected chi connectivity index (χ3v) is 5.56. The van der Waals surface area contributed by atoms with E-state index in [2.05, 4.69) is 0 Å². The van der Waals surface area contributed by atoms with Crippen molar-refractivity contribution in [2.24, 2.45) is 0 Å². The van der Waals surface area contributed by atoms with E-state index in [4.69, 9.17) is 0 Å². The minimum absolute atomic E-state index is 0.139. The fourth-order valence-corrected chi connectivity index (χ4v) is 3.96. The Labute approximate surface area is 162 Å². The van der Waals surface area contributed by atoms with E-state index in [0.29, 0.717) is 12.2 Å². The van der Waals surface area contributed by atoms with Gasteiger partial charge in [0.05, 0.1) is 11.9 Å². The second-order valence-electron chi connectivity index (χ2n) is 6.96. The summed E-state index contributed by atoms with van der Waals surface area (Å²) < 4.78 is 26.2. The molecule has 0 aliphatic carbocycles. The minimum Gasteiger partial charge on any atom is -0.311 e. The molecule has 0 heterocycles. The Morgan fingerprint density at radius 3 is 2.30 bits per heavy atom. The summed E-state index contributed by atoms with van der Waals surface area (Å²) in [6, 6.07) is 15.0. The monoisotopic (exact) mass is 388 g/mol. The first-order valence-electron chi connectivity index (χ1n) is 9.08. The Morgan fingerprint density at radius 1 is 1.07 bits per heavy atom. The quantitative estimate of drug-likeness (QED) is 0.722. The van der Waals surface area contributed by atoms with Gasteiger partial charge in [-0.2, -0.15) is 0 Å². The van der Waals surface area contributed by atoms with Gasteiger partial charge in [0, 0.05) is 12.2 Å². The van der Waals surface area contributed by atoms with Crippen LogP contribution in [0.4, 0.5) is 11.4 Å². The smallest absolute Gasteiger partial charge is 0.247 e. The van der Waals surface area contributed by atoms with E-state index in [-0.39, 0.29) is 18.4 Å². The molecule has 2 aromatic carbocycles. The lowest BCUT2D eigenvalue weighted by Gasteiger charge is -2.29. The summed E-state index contributed by atoms with van der Waals surface area (Å²) in [4.78, 5) is 14.6. The molecule has 0 bridgehead atoms. The van der Waals surface area contributed by atoms with E-state index in [1.54, 1.807) is 17.0 Å². The molecular formula is C21H28N2O3S. The normalized spacial score (nSPS) is 11.5. The average molecular weight is 389 g/mol. The van der Waals surface area contributed by atoms with Gasteiger partial charge in [-0.15, -0.1) is 0 Å². The van der Waals surface area contributed by atoms with Crippen molar-refractivity contribution in [2.45, 2.75) is 33.6 Å². The Balaban J connectivity index is 2.41. The van der Waals surface area contributed by atoms with Crippen LogP contribution < -0.4 is 9.21 Å². The van der Waals surface area contributed by atoms with Crippen molar-refractivity contribution in [3.05, 3.63) is 59.7 Å². The lowest BCUT2D eigenvalue weighted by Crippen LogP contribution is -2.43. The van der Waals surface area contributed by atoms with Crippen LogP contribution in [0.5, 0.6) is 0 Å². The standard InChI is InChI=1S/C21H28N2O3S/c1-6-22(18-11-9-10-17(4)14-18)21(24)15-23(27(5,25)26)20-13-8-7-12-19(20)16(2)3/h7-14,16H,6,15H2,1-5H3. The maximum absolute atomic E-state index is 13.0. The van der Waals surface area contributed by atoms with E-state index in [0.717, 1.165) is 23.1 Å². The number of sulfonamides is 1. The molecule has 2 rings (SSSR count). The van der Waals surface area contributed by atoms with Gasteiger partial charge in [0.2, 0.25) is 15.9 Å². The number of carbonyl (C=O) groups is 1. The fraction of sp³-hybridized carbons (Fsp3) is 0.381. The molecule has 0 aliphatic rings. The number of likely N-dealkylation sites (N-methyl/N-ethyl adjacent to an activating group) is 1. The van der Waals surface area contributed by atoms with Crippen molar-refractivity contribution in [1.82, 2.24) is 0 Å². The summed E-state index contributed by atoms with van der Waals surface area (Å²) in [6.07, 6.45) is 1.14. The molecule has 0 unspecified atom stereocenters. The maximum atomic E-state index is 13.0. The molecule has 146 valence electrons. The zero-order valence-corrected chi connectivity index (χ0v) is 17.5. The minimum atomic E-state index is -3.62. The van der Waals surface area contributed by atoms with Gasteiger partial charge in [0.25, 0.3) is 0 Å². The molecule has 0 N–H and O–H groups in total. The van der Waals surface area contributed by atoms with Crippen LogP contribution in [0.3, 0.4) is 0 Å². The number of nitrogens with zero attached hydrogens (tertiary/aromatic N) is 2. The lowest BCUT2D eigenvalue weighted by atomic mass is 10.0. The molecule has 0 spiro atoms. The molecule has 0 fully saturated rings. The number of rotatable bonds is 7. The highest BCUT2D eigenvalue weighted by molar-refractivity contribution is 7.92. The Bertz CT molecular complexity index is 907. The summed E-state index contributed by atoms with van der Waals surface area (Å²) in [7, 11) is -3.62. The zero-order valence-electron chi connectivity index (χ0n) is 16.6. The van der Waals surface area contributed by atoms with Crippen LogP contribution in [-0.2, 0) is 14.8 Å². The molecule has 0 saturated carbocycles. The van der Waals surface area contributed by atoms with Gasteiger partial charge >= 0.3 is 0 Å². The van der Waals surface area contributed by atoms with Crippen molar-refractivity contribution in [3.8, 4) is 0 Å². The summed E-state index contributed by atoms with van der Waals surface area (Å²) in [6.45, 7) is 8.09. The van der Waals surface area contributed by atoms with Crippen LogP contribution >= 0.6 is 0 Å². The first kappa shape index (κ1) is 21.0. The predicted molar refractivity (Wildman–Crippen MR) is 112 cm³/mol. The van der Waals surface area contributed by atoms with Crippen molar-refractivity contribution >= 4 is 27.3 Å². The van der Waals surface area contributed by atoms with Crippen molar-refractivity contribution in [2.75, 3.05) is 28.6 Å². The Hall–Kier alpha value is -2.34. The van der Waals surface area contributed by atoms with Crippen LogP contribution in [0.1, 0.15) is 37.8 Å². The Morgan fingerprint density at radius 2 is 1.74 bits per heavy atom. The molecule has 5 nitrogen and oxygen atoms in total. The van der Waals surface area contributed by atoms with E-state index in [9.17, 15) is 13.2 Å². The van der Waals surface area contributed by atoms with Gasteiger partial charge in [-0.3, -0.25) is 9.10 Å². The van der Waals surface area contributed by atoms with Crippen LogP contribution in [-0.4, -0.2) is 33.7 Å². The molecule has 1 amide bonds. The third-order valence-electron chi connectivity index (χ3n) is 4.44. The number of carbonyl (C=O) groups excluding carboxylic acids is 1. The van der Waals surface area contributed by atoms with E-state index >= 15 is 0 Å².